The second-order valence-corrected chi connectivity index (χ2v) is 5.68. The summed E-state index contributed by atoms with van der Waals surface area (Å²) in [4.78, 5) is 0. The maximum atomic E-state index is 6.23. The van der Waals surface area contributed by atoms with E-state index in [9.17, 15) is 0 Å². The molecule has 1 aliphatic carbocycles. The van der Waals surface area contributed by atoms with Crippen molar-refractivity contribution in [2.45, 2.75) is 57.8 Å². The molecule has 0 amide bonds. The molecule has 0 aromatic heterocycles. The van der Waals surface area contributed by atoms with Crippen molar-refractivity contribution in [1.29, 1.82) is 0 Å². The van der Waals surface area contributed by atoms with Crippen molar-refractivity contribution in [1.82, 2.24) is 5.32 Å². The van der Waals surface area contributed by atoms with Gasteiger partial charge in [0.05, 0.1) is 19.3 Å². The number of benzene rings is 1. The van der Waals surface area contributed by atoms with Gasteiger partial charge in [0.15, 0.2) is 0 Å². The Morgan fingerprint density at radius 1 is 1.25 bits per heavy atom. The molecule has 3 heteroatoms. The van der Waals surface area contributed by atoms with E-state index in [-0.39, 0.29) is 6.10 Å². The van der Waals surface area contributed by atoms with Crippen molar-refractivity contribution in [3.05, 3.63) is 29.8 Å². The number of hydrogen-bond donors (Lipinski definition) is 1. The lowest BCUT2D eigenvalue weighted by Gasteiger charge is -2.23. The standard InChI is InChI=1S/C17H27NO2/c1-4-5-13(2)20-17(12-18-15-8-9-15)14-6-10-16(19-3)11-7-14/h6-7,10-11,13,15,17-18H,4-5,8-9,12H2,1-3H3. The smallest absolute Gasteiger partial charge is 0.118 e. The van der Waals surface area contributed by atoms with E-state index < -0.39 is 0 Å². The predicted octanol–water partition coefficient (Wildman–Crippen LogP) is 3.69. The van der Waals surface area contributed by atoms with Crippen molar-refractivity contribution in [3.8, 4) is 5.75 Å². The van der Waals surface area contributed by atoms with Gasteiger partial charge in [0, 0.05) is 12.6 Å². The first-order valence-corrected chi connectivity index (χ1v) is 7.75. The zero-order chi connectivity index (χ0) is 14.4. The number of methoxy groups -OCH3 is 1. The summed E-state index contributed by atoms with van der Waals surface area (Å²) >= 11 is 0. The van der Waals surface area contributed by atoms with Crippen LogP contribution in [-0.4, -0.2) is 25.8 Å². The number of rotatable bonds is 9. The minimum atomic E-state index is 0.128. The van der Waals surface area contributed by atoms with Gasteiger partial charge in [0.25, 0.3) is 0 Å². The largest absolute Gasteiger partial charge is 0.497 e. The molecule has 0 spiro atoms. The van der Waals surface area contributed by atoms with Crippen LogP contribution in [0, 0.1) is 0 Å². The SMILES string of the molecule is CCCC(C)OC(CNC1CC1)c1ccc(OC)cc1. The van der Waals surface area contributed by atoms with E-state index in [2.05, 4.69) is 31.3 Å². The van der Waals surface area contributed by atoms with Gasteiger partial charge < -0.3 is 14.8 Å². The van der Waals surface area contributed by atoms with Gasteiger partial charge in [-0.1, -0.05) is 25.5 Å². The molecule has 1 fully saturated rings. The first kappa shape index (κ1) is 15.3. The normalized spacial score (nSPS) is 17.8. The summed E-state index contributed by atoms with van der Waals surface area (Å²) in [5.74, 6) is 0.893. The molecule has 1 aliphatic rings. The van der Waals surface area contributed by atoms with Crippen LogP contribution in [0.25, 0.3) is 0 Å². The molecule has 1 N–H and O–H groups in total. The molecule has 112 valence electrons. The van der Waals surface area contributed by atoms with Gasteiger partial charge in [-0.2, -0.15) is 0 Å². The quantitative estimate of drug-likeness (QED) is 0.746. The molecule has 3 nitrogen and oxygen atoms in total. The van der Waals surface area contributed by atoms with Gasteiger partial charge in [0.2, 0.25) is 0 Å². The van der Waals surface area contributed by atoms with E-state index in [4.69, 9.17) is 9.47 Å². The van der Waals surface area contributed by atoms with Crippen molar-refractivity contribution in [3.63, 3.8) is 0 Å². The lowest BCUT2D eigenvalue weighted by molar-refractivity contribution is -0.00741. The van der Waals surface area contributed by atoms with Crippen LogP contribution in [0.3, 0.4) is 0 Å². The zero-order valence-electron chi connectivity index (χ0n) is 12.9. The van der Waals surface area contributed by atoms with Crippen LogP contribution in [0.5, 0.6) is 5.75 Å². The highest BCUT2D eigenvalue weighted by atomic mass is 16.5. The summed E-state index contributed by atoms with van der Waals surface area (Å²) < 4.78 is 11.4. The third-order valence-electron chi connectivity index (χ3n) is 3.75. The van der Waals surface area contributed by atoms with E-state index in [1.807, 2.05) is 12.1 Å². The summed E-state index contributed by atoms with van der Waals surface area (Å²) in [7, 11) is 1.70. The van der Waals surface area contributed by atoms with E-state index >= 15 is 0 Å². The molecule has 2 atom stereocenters. The topological polar surface area (TPSA) is 30.5 Å². The maximum absolute atomic E-state index is 6.23. The summed E-state index contributed by atoms with van der Waals surface area (Å²) in [5.41, 5.74) is 1.22. The Kier molecular flexibility index (Phi) is 5.86. The highest BCUT2D eigenvalue weighted by Crippen LogP contribution is 2.25. The maximum Gasteiger partial charge on any atom is 0.118 e. The fraction of sp³-hybridized carbons (Fsp3) is 0.647. The van der Waals surface area contributed by atoms with Crippen molar-refractivity contribution < 1.29 is 9.47 Å². The van der Waals surface area contributed by atoms with Crippen molar-refractivity contribution in [2.24, 2.45) is 0 Å². The van der Waals surface area contributed by atoms with Gasteiger partial charge >= 0.3 is 0 Å². The monoisotopic (exact) mass is 277 g/mol. The van der Waals surface area contributed by atoms with Crippen LogP contribution in [0.15, 0.2) is 24.3 Å². The molecule has 0 radical (unpaired) electrons. The van der Waals surface area contributed by atoms with Gasteiger partial charge in [-0.05, 0) is 43.9 Å². The molecule has 1 saturated carbocycles. The second-order valence-electron chi connectivity index (χ2n) is 5.68. The van der Waals surface area contributed by atoms with Gasteiger partial charge in [-0.15, -0.1) is 0 Å². The first-order chi connectivity index (χ1) is 9.72. The van der Waals surface area contributed by atoms with E-state index in [1.165, 1.54) is 18.4 Å². The first-order valence-electron chi connectivity index (χ1n) is 7.75. The van der Waals surface area contributed by atoms with Gasteiger partial charge in [-0.25, -0.2) is 0 Å². The fourth-order valence-electron chi connectivity index (χ4n) is 2.38. The summed E-state index contributed by atoms with van der Waals surface area (Å²) in [6.45, 7) is 5.26. The Morgan fingerprint density at radius 3 is 2.50 bits per heavy atom. The Balaban J connectivity index is 1.98. The highest BCUT2D eigenvalue weighted by Gasteiger charge is 2.23. The second kappa shape index (κ2) is 7.65. The molecule has 0 aliphatic heterocycles. The van der Waals surface area contributed by atoms with Gasteiger partial charge in [-0.3, -0.25) is 0 Å². The summed E-state index contributed by atoms with van der Waals surface area (Å²) in [6.07, 6.45) is 5.30. The fourth-order valence-corrected chi connectivity index (χ4v) is 2.38. The third kappa shape index (κ3) is 4.80. The van der Waals surface area contributed by atoms with Crippen LogP contribution >= 0.6 is 0 Å². The van der Waals surface area contributed by atoms with E-state index in [1.54, 1.807) is 7.11 Å². The van der Waals surface area contributed by atoms with Crippen molar-refractivity contribution in [2.75, 3.05) is 13.7 Å². The molecule has 1 aromatic carbocycles. The molecule has 20 heavy (non-hydrogen) atoms. The Labute approximate surface area is 122 Å². The Morgan fingerprint density at radius 2 is 1.95 bits per heavy atom. The van der Waals surface area contributed by atoms with E-state index in [0.717, 1.165) is 25.1 Å². The molecular formula is C17H27NO2. The lowest BCUT2D eigenvalue weighted by atomic mass is 10.1. The Hall–Kier alpha value is -1.06. The van der Waals surface area contributed by atoms with Crippen LogP contribution in [-0.2, 0) is 4.74 Å². The summed E-state index contributed by atoms with van der Waals surface area (Å²) in [5, 5.41) is 3.57. The molecule has 2 unspecified atom stereocenters. The molecule has 0 bridgehead atoms. The Bertz CT molecular complexity index is 386. The minimum Gasteiger partial charge on any atom is -0.497 e. The highest BCUT2D eigenvalue weighted by molar-refractivity contribution is 5.28. The molecule has 0 saturated heterocycles. The van der Waals surface area contributed by atoms with Crippen LogP contribution in [0.4, 0.5) is 0 Å². The molecule has 0 heterocycles. The van der Waals surface area contributed by atoms with Crippen LogP contribution in [0.1, 0.15) is 51.2 Å². The zero-order valence-corrected chi connectivity index (χ0v) is 12.9. The van der Waals surface area contributed by atoms with Gasteiger partial charge in [0.1, 0.15) is 5.75 Å². The minimum absolute atomic E-state index is 0.128. The number of ether oxygens (including phenoxy) is 2. The van der Waals surface area contributed by atoms with Crippen molar-refractivity contribution >= 4 is 0 Å². The summed E-state index contributed by atoms with van der Waals surface area (Å²) in [6, 6.07) is 8.94. The molecule has 2 rings (SSSR count). The average molecular weight is 277 g/mol. The lowest BCUT2D eigenvalue weighted by Crippen LogP contribution is -2.27. The number of hydrogen-bond acceptors (Lipinski definition) is 3. The third-order valence-corrected chi connectivity index (χ3v) is 3.75. The average Bonchev–Trinajstić information content (AvgIpc) is 3.28. The van der Waals surface area contributed by atoms with E-state index in [0.29, 0.717) is 12.1 Å². The predicted molar refractivity (Wildman–Crippen MR) is 82.2 cm³/mol. The van der Waals surface area contributed by atoms with Crippen LogP contribution < -0.4 is 10.1 Å². The molecule has 1 aromatic rings. The molecular weight excluding hydrogens is 250 g/mol. The number of nitrogens with one attached hydrogen (secondary N) is 1. The van der Waals surface area contributed by atoms with Crippen LogP contribution in [0.2, 0.25) is 0 Å².